The fourth-order valence-corrected chi connectivity index (χ4v) is 3.56. The molecule has 0 rings (SSSR count). The summed E-state index contributed by atoms with van der Waals surface area (Å²) in [5.41, 5.74) is 0.368. The lowest BCUT2D eigenvalue weighted by Crippen LogP contribution is -2.16. The third-order valence-corrected chi connectivity index (χ3v) is 6.13. The van der Waals surface area contributed by atoms with Gasteiger partial charge in [-0.15, -0.1) is 0 Å². The van der Waals surface area contributed by atoms with Crippen molar-refractivity contribution in [1.82, 2.24) is 0 Å². The van der Waals surface area contributed by atoms with Crippen LogP contribution in [0.2, 0.25) is 0 Å². The Labute approximate surface area is 288 Å². The number of hydrogen-bond acceptors (Lipinski definition) is 14. The lowest BCUT2D eigenvalue weighted by Gasteiger charge is -2.09. The van der Waals surface area contributed by atoms with Crippen LogP contribution in [0.1, 0.15) is 52.4 Å². The largest absolute Gasteiger partial charge is 0.463 e. The third-order valence-electron chi connectivity index (χ3n) is 6.13. The zero-order chi connectivity index (χ0) is 35.0. The smallest absolute Gasteiger partial charge is 0.333 e. The van der Waals surface area contributed by atoms with Gasteiger partial charge in [-0.3, -0.25) is 4.79 Å². The molecule has 0 atom stereocenters. The van der Waals surface area contributed by atoms with E-state index in [1.165, 1.54) is 19.3 Å². The molecule has 0 aliphatic rings. The molecule has 284 valence electrons. The van der Waals surface area contributed by atoms with Gasteiger partial charge in [-0.05, 0) is 13.3 Å². The summed E-state index contributed by atoms with van der Waals surface area (Å²) in [6.07, 6.45) is 6.05. The van der Waals surface area contributed by atoms with Gasteiger partial charge in [0.2, 0.25) is 0 Å². The van der Waals surface area contributed by atoms with E-state index >= 15 is 0 Å². The summed E-state index contributed by atoms with van der Waals surface area (Å²) in [6, 6.07) is 0. The molecule has 0 aliphatic carbocycles. The first-order valence-electron chi connectivity index (χ1n) is 17.3. The number of carbonyl (C=O) groups excluding carboxylic acids is 2. The Balaban J connectivity index is 3.11. The number of ether oxygens (including phenoxy) is 12. The lowest BCUT2D eigenvalue weighted by molar-refractivity contribution is -0.145. The van der Waals surface area contributed by atoms with Crippen LogP contribution in [0.15, 0.2) is 12.2 Å². The zero-order valence-electron chi connectivity index (χ0n) is 29.7. The van der Waals surface area contributed by atoms with Gasteiger partial charge in [0.1, 0.15) is 13.2 Å². The van der Waals surface area contributed by atoms with Gasteiger partial charge in [-0.1, -0.05) is 39.2 Å². The van der Waals surface area contributed by atoms with Crippen LogP contribution in [0.3, 0.4) is 0 Å². The van der Waals surface area contributed by atoms with E-state index in [1.807, 2.05) is 0 Å². The number of unbranched alkanes of at least 4 members (excludes halogenated alkanes) is 4. The Morgan fingerprint density at radius 1 is 0.396 bits per heavy atom. The third kappa shape index (κ3) is 38.7. The maximum Gasteiger partial charge on any atom is 0.333 e. The summed E-state index contributed by atoms with van der Waals surface area (Å²) in [4.78, 5) is 22.8. The molecule has 0 fully saturated rings. The highest BCUT2D eigenvalue weighted by Crippen LogP contribution is 2.05. The normalized spacial score (nSPS) is 11.2. The fourth-order valence-electron chi connectivity index (χ4n) is 3.56. The SMILES string of the molecule is C=C(C)C(=O)OCCOCCOCCOCCOCCOCCOCCOCCOCCOCCOCCOC(=O)CCCCCCC. The van der Waals surface area contributed by atoms with Gasteiger partial charge >= 0.3 is 11.9 Å². The molecule has 0 aliphatic heterocycles. The molecule has 0 saturated carbocycles. The number of esters is 2. The summed E-state index contributed by atoms with van der Waals surface area (Å²) in [6.45, 7) is 17.0. The standard InChI is InChI=1S/C34H64O14/c1-4-5-6-7-8-9-33(35)47-30-28-45-26-24-43-22-20-41-18-16-39-14-12-37-10-11-38-13-15-40-17-19-42-21-23-44-25-27-46-29-31-48-34(36)32(2)3/h2,4-31H2,1,3H3. The average Bonchev–Trinajstić information content (AvgIpc) is 3.08. The second-order valence-electron chi connectivity index (χ2n) is 10.4. The van der Waals surface area contributed by atoms with Crippen molar-refractivity contribution in [3.05, 3.63) is 12.2 Å². The number of hydrogen-bond donors (Lipinski definition) is 0. The molecule has 0 spiro atoms. The number of carbonyl (C=O) groups is 2. The van der Waals surface area contributed by atoms with Crippen LogP contribution in [-0.2, 0) is 66.4 Å². The van der Waals surface area contributed by atoms with Crippen molar-refractivity contribution >= 4 is 11.9 Å². The van der Waals surface area contributed by atoms with Crippen molar-refractivity contribution in [2.75, 3.05) is 145 Å². The Morgan fingerprint density at radius 3 is 0.958 bits per heavy atom. The highest BCUT2D eigenvalue weighted by atomic mass is 16.6. The van der Waals surface area contributed by atoms with Crippen molar-refractivity contribution in [3.8, 4) is 0 Å². The molecule has 14 nitrogen and oxygen atoms in total. The molecule has 0 heterocycles. The predicted molar refractivity (Wildman–Crippen MR) is 178 cm³/mol. The molecule has 0 unspecified atom stereocenters. The van der Waals surface area contributed by atoms with E-state index in [0.717, 1.165) is 12.8 Å². The molecule has 0 saturated heterocycles. The Hall–Kier alpha value is -1.72. The topological polar surface area (TPSA) is 145 Å². The maximum atomic E-state index is 11.6. The number of rotatable bonds is 40. The van der Waals surface area contributed by atoms with Crippen LogP contribution in [0.25, 0.3) is 0 Å². The van der Waals surface area contributed by atoms with Crippen LogP contribution in [0.5, 0.6) is 0 Å². The molecular weight excluding hydrogens is 632 g/mol. The van der Waals surface area contributed by atoms with Gasteiger partial charge in [-0.25, -0.2) is 4.79 Å². The van der Waals surface area contributed by atoms with E-state index in [9.17, 15) is 9.59 Å². The van der Waals surface area contributed by atoms with E-state index in [-0.39, 0.29) is 19.2 Å². The molecule has 0 aromatic heterocycles. The van der Waals surface area contributed by atoms with Crippen LogP contribution in [0.4, 0.5) is 0 Å². The summed E-state index contributed by atoms with van der Waals surface area (Å²) in [5.74, 6) is -0.567. The highest BCUT2D eigenvalue weighted by Gasteiger charge is 2.03. The van der Waals surface area contributed by atoms with E-state index in [0.29, 0.717) is 144 Å². The summed E-state index contributed by atoms with van der Waals surface area (Å²) < 4.78 is 64.4. The van der Waals surface area contributed by atoms with Gasteiger partial charge in [-0.2, -0.15) is 0 Å². The van der Waals surface area contributed by atoms with Crippen LogP contribution in [-0.4, -0.2) is 157 Å². The summed E-state index contributed by atoms with van der Waals surface area (Å²) >= 11 is 0. The van der Waals surface area contributed by atoms with E-state index in [1.54, 1.807) is 6.92 Å². The molecule has 0 N–H and O–H groups in total. The van der Waals surface area contributed by atoms with E-state index in [4.69, 9.17) is 56.8 Å². The Kier molecular flexibility index (Phi) is 38.3. The molecule has 0 aromatic carbocycles. The van der Waals surface area contributed by atoms with Gasteiger partial charge in [0.15, 0.2) is 0 Å². The fraction of sp³-hybridized carbons (Fsp3) is 0.882. The lowest BCUT2D eigenvalue weighted by atomic mass is 10.1. The van der Waals surface area contributed by atoms with Crippen LogP contribution >= 0.6 is 0 Å². The van der Waals surface area contributed by atoms with Crippen molar-refractivity contribution in [1.29, 1.82) is 0 Å². The molecule has 0 radical (unpaired) electrons. The Bertz CT molecular complexity index is 709. The molecule has 48 heavy (non-hydrogen) atoms. The van der Waals surface area contributed by atoms with Crippen molar-refractivity contribution in [2.45, 2.75) is 52.4 Å². The molecule has 14 heteroatoms. The quantitative estimate of drug-likeness (QED) is 0.0525. The Morgan fingerprint density at radius 2 is 0.667 bits per heavy atom. The molecule has 0 amide bonds. The van der Waals surface area contributed by atoms with Gasteiger partial charge in [0, 0.05) is 12.0 Å². The summed E-state index contributed by atoms with van der Waals surface area (Å²) in [7, 11) is 0. The minimum Gasteiger partial charge on any atom is -0.463 e. The van der Waals surface area contributed by atoms with Crippen molar-refractivity contribution in [3.63, 3.8) is 0 Å². The first-order valence-corrected chi connectivity index (χ1v) is 17.3. The second kappa shape index (κ2) is 39.7. The zero-order valence-corrected chi connectivity index (χ0v) is 29.7. The van der Waals surface area contributed by atoms with Crippen LogP contribution < -0.4 is 0 Å². The minimum atomic E-state index is -0.415. The molecular formula is C34H64O14. The maximum absolute atomic E-state index is 11.6. The van der Waals surface area contributed by atoms with Crippen molar-refractivity contribution < 1.29 is 66.4 Å². The monoisotopic (exact) mass is 696 g/mol. The van der Waals surface area contributed by atoms with E-state index in [2.05, 4.69) is 13.5 Å². The molecule has 0 aromatic rings. The van der Waals surface area contributed by atoms with E-state index < -0.39 is 5.97 Å². The van der Waals surface area contributed by atoms with Gasteiger partial charge in [0.25, 0.3) is 0 Å². The van der Waals surface area contributed by atoms with Gasteiger partial charge < -0.3 is 56.8 Å². The minimum absolute atomic E-state index is 0.151. The van der Waals surface area contributed by atoms with Crippen LogP contribution in [0, 0.1) is 0 Å². The molecule has 0 bridgehead atoms. The highest BCUT2D eigenvalue weighted by molar-refractivity contribution is 5.86. The van der Waals surface area contributed by atoms with Gasteiger partial charge in [0.05, 0.1) is 132 Å². The van der Waals surface area contributed by atoms with Crippen molar-refractivity contribution in [2.24, 2.45) is 0 Å². The average molecular weight is 697 g/mol. The second-order valence-corrected chi connectivity index (χ2v) is 10.4. The first-order chi connectivity index (χ1) is 23.6. The first kappa shape index (κ1) is 46.3. The summed E-state index contributed by atoms with van der Waals surface area (Å²) in [5, 5.41) is 0. The predicted octanol–water partition coefficient (Wildman–Crippen LogP) is 3.18.